The van der Waals surface area contributed by atoms with Gasteiger partial charge in [0.2, 0.25) is 0 Å². The number of benzene rings is 2. The van der Waals surface area contributed by atoms with E-state index in [0.717, 1.165) is 12.0 Å². The number of hydrogen-bond acceptors (Lipinski definition) is 2. The lowest BCUT2D eigenvalue weighted by Gasteiger charge is -2.32. The fraction of sp³-hybridized carbons (Fsp3) is 0.391. The van der Waals surface area contributed by atoms with Gasteiger partial charge in [0.05, 0.1) is 6.54 Å². The smallest absolute Gasteiger partial charge is 0.128 e. The molecule has 142 valence electrons. The van der Waals surface area contributed by atoms with Crippen molar-refractivity contribution in [3.63, 3.8) is 0 Å². The van der Waals surface area contributed by atoms with Crippen LogP contribution in [0.3, 0.4) is 0 Å². The summed E-state index contributed by atoms with van der Waals surface area (Å²) in [5, 5.41) is 1.24. The third-order valence-corrected chi connectivity index (χ3v) is 5.67. The second-order valence-corrected chi connectivity index (χ2v) is 7.68. The van der Waals surface area contributed by atoms with Crippen LogP contribution in [-0.4, -0.2) is 54.1 Å². The largest absolute Gasteiger partial charge is 0.343 e. The quantitative estimate of drug-likeness (QED) is 0.654. The van der Waals surface area contributed by atoms with E-state index in [-0.39, 0.29) is 5.82 Å². The van der Waals surface area contributed by atoms with Gasteiger partial charge in [-0.2, -0.15) is 0 Å². The Balaban J connectivity index is 1.38. The first-order valence-electron chi connectivity index (χ1n) is 9.91. The van der Waals surface area contributed by atoms with Crippen LogP contribution in [-0.2, 0) is 13.0 Å². The highest BCUT2D eigenvalue weighted by Crippen LogP contribution is 2.21. The first-order chi connectivity index (χ1) is 13.2. The monoisotopic (exact) mass is 365 g/mol. The molecule has 0 spiro atoms. The van der Waals surface area contributed by atoms with Gasteiger partial charge in [-0.15, -0.1) is 0 Å². The maximum Gasteiger partial charge on any atom is 0.128 e. The van der Waals surface area contributed by atoms with Crippen molar-refractivity contribution in [2.24, 2.45) is 0 Å². The summed E-state index contributed by atoms with van der Waals surface area (Å²) < 4.78 is 16.1. The van der Waals surface area contributed by atoms with Crippen LogP contribution >= 0.6 is 0 Å². The minimum Gasteiger partial charge on any atom is -0.343 e. The van der Waals surface area contributed by atoms with Gasteiger partial charge in [0, 0.05) is 43.5 Å². The van der Waals surface area contributed by atoms with Crippen LogP contribution in [0.25, 0.3) is 10.9 Å². The van der Waals surface area contributed by atoms with Crippen LogP contribution < -0.4 is 0 Å². The molecule has 4 rings (SSSR count). The van der Waals surface area contributed by atoms with Gasteiger partial charge >= 0.3 is 0 Å². The minimum absolute atomic E-state index is 0.139. The standard InChI is InChI=1S/C23H28FN3/c1-25-13-15-26(16-14-25)11-4-5-19-8-9-23-20(17-19)10-12-27(23)18-21-6-2-3-7-22(21)24/h2-3,6-10,12,17H,4-5,11,13-16,18H2,1H3. The van der Waals surface area contributed by atoms with Crippen molar-refractivity contribution >= 4 is 10.9 Å². The van der Waals surface area contributed by atoms with Crippen LogP contribution in [0.5, 0.6) is 0 Å². The molecule has 2 aromatic carbocycles. The van der Waals surface area contributed by atoms with Crippen LogP contribution in [0.2, 0.25) is 0 Å². The molecule has 1 aliphatic heterocycles. The topological polar surface area (TPSA) is 11.4 Å². The Hall–Kier alpha value is -2.17. The number of likely N-dealkylation sites (N-methyl/N-ethyl adjacent to an activating group) is 1. The second-order valence-electron chi connectivity index (χ2n) is 7.68. The van der Waals surface area contributed by atoms with Gasteiger partial charge in [-0.1, -0.05) is 24.3 Å². The molecule has 0 aliphatic carbocycles. The summed E-state index contributed by atoms with van der Waals surface area (Å²) in [6.07, 6.45) is 4.37. The van der Waals surface area contributed by atoms with E-state index in [1.54, 1.807) is 6.07 Å². The number of aryl methyl sites for hydroxylation is 1. The molecule has 0 bridgehead atoms. The summed E-state index contributed by atoms with van der Waals surface area (Å²) in [5.41, 5.74) is 3.28. The van der Waals surface area contributed by atoms with E-state index in [9.17, 15) is 4.39 Å². The molecule has 0 atom stereocenters. The summed E-state index contributed by atoms with van der Waals surface area (Å²) in [6.45, 7) is 6.49. The molecule has 1 aromatic heterocycles. The van der Waals surface area contributed by atoms with Crippen molar-refractivity contribution in [3.8, 4) is 0 Å². The molecular weight excluding hydrogens is 337 g/mol. The lowest BCUT2D eigenvalue weighted by molar-refractivity contribution is 0.153. The number of nitrogens with zero attached hydrogens (tertiary/aromatic N) is 3. The number of aromatic nitrogens is 1. The first kappa shape index (κ1) is 18.2. The van der Waals surface area contributed by atoms with Gasteiger partial charge in [0.25, 0.3) is 0 Å². The summed E-state index contributed by atoms with van der Waals surface area (Å²) >= 11 is 0. The van der Waals surface area contributed by atoms with Gasteiger partial charge in [0.15, 0.2) is 0 Å². The Bertz CT molecular complexity index is 894. The summed E-state index contributed by atoms with van der Waals surface area (Å²) in [6, 6.07) is 15.8. The summed E-state index contributed by atoms with van der Waals surface area (Å²) in [4.78, 5) is 4.97. The fourth-order valence-electron chi connectivity index (χ4n) is 3.93. The van der Waals surface area contributed by atoms with Crippen LogP contribution in [0.15, 0.2) is 54.7 Å². The zero-order valence-electron chi connectivity index (χ0n) is 16.1. The zero-order valence-corrected chi connectivity index (χ0v) is 16.1. The Labute approximate surface area is 161 Å². The number of piperazine rings is 1. The lowest BCUT2D eigenvalue weighted by atomic mass is 10.1. The van der Waals surface area contributed by atoms with Crippen molar-refractivity contribution < 1.29 is 4.39 Å². The normalized spacial score (nSPS) is 16.2. The van der Waals surface area contributed by atoms with Crippen molar-refractivity contribution in [3.05, 3.63) is 71.7 Å². The fourth-order valence-corrected chi connectivity index (χ4v) is 3.93. The summed E-state index contributed by atoms with van der Waals surface area (Å²) in [7, 11) is 2.20. The number of fused-ring (bicyclic) bond motifs is 1. The highest BCUT2D eigenvalue weighted by Gasteiger charge is 2.13. The third-order valence-electron chi connectivity index (χ3n) is 5.67. The molecular formula is C23H28FN3. The predicted molar refractivity (Wildman–Crippen MR) is 110 cm³/mol. The zero-order chi connectivity index (χ0) is 18.6. The van der Waals surface area contributed by atoms with Crippen molar-refractivity contribution in [1.29, 1.82) is 0 Å². The van der Waals surface area contributed by atoms with Gasteiger partial charge in [0.1, 0.15) is 5.82 Å². The van der Waals surface area contributed by atoms with E-state index in [0.29, 0.717) is 6.54 Å². The Morgan fingerprint density at radius 2 is 1.78 bits per heavy atom. The molecule has 1 saturated heterocycles. The van der Waals surface area contributed by atoms with E-state index in [2.05, 4.69) is 51.9 Å². The highest BCUT2D eigenvalue weighted by molar-refractivity contribution is 5.81. The molecule has 1 aliphatic rings. The third kappa shape index (κ3) is 4.40. The van der Waals surface area contributed by atoms with Gasteiger partial charge in [-0.25, -0.2) is 4.39 Å². The average molecular weight is 365 g/mol. The molecule has 0 amide bonds. The highest BCUT2D eigenvalue weighted by atomic mass is 19.1. The van der Waals surface area contributed by atoms with Gasteiger partial charge in [-0.05, 0) is 61.6 Å². The van der Waals surface area contributed by atoms with Crippen LogP contribution in [0, 0.1) is 5.82 Å². The molecule has 0 N–H and O–H groups in total. The Kier molecular flexibility index (Phi) is 5.55. The van der Waals surface area contributed by atoms with E-state index in [1.165, 1.54) is 61.7 Å². The molecule has 2 heterocycles. The van der Waals surface area contributed by atoms with Crippen molar-refractivity contribution in [2.75, 3.05) is 39.8 Å². The second kappa shape index (κ2) is 8.24. The molecule has 27 heavy (non-hydrogen) atoms. The predicted octanol–water partition coefficient (Wildman–Crippen LogP) is 4.01. The molecule has 0 saturated carbocycles. The van der Waals surface area contributed by atoms with Crippen molar-refractivity contribution in [1.82, 2.24) is 14.4 Å². The van der Waals surface area contributed by atoms with Gasteiger partial charge < -0.3 is 14.4 Å². The molecule has 4 heteroatoms. The van der Waals surface area contributed by atoms with Crippen LogP contribution in [0.1, 0.15) is 17.5 Å². The SMILES string of the molecule is CN1CCN(CCCc2ccc3c(ccn3Cc3ccccc3F)c2)CC1. The average Bonchev–Trinajstić information content (AvgIpc) is 3.07. The first-order valence-corrected chi connectivity index (χ1v) is 9.91. The van der Waals surface area contributed by atoms with E-state index >= 15 is 0 Å². The maximum atomic E-state index is 13.9. The minimum atomic E-state index is -0.139. The molecule has 1 fully saturated rings. The van der Waals surface area contributed by atoms with E-state index in [4.69, 9.17) is 0 Å². The molecule has 0 unspecified atom stereocenters. The summed E-state index contributed by atoms with van der Waals surface area (Å²) in [5.74, 6) is -0.139. The Morgan fingerprint density at radius 3 is 2.59 bits per heavy atom. The molecule has 3 nitrogen and oxygen atoms in total. The number of hydrogen-bond donors (Lipinski definition) is 0. The molecule has 3 aromatic rings. The van der Waals surface area contributed by atoms with E-state index in [1.807, 2.05) is 12.1 Å². The van der Waals surface area contributed by atoms with Crippen LogP contribution in [0.4, 0.5) is 4.39 Å². The number of halogens is 1. The molecule has 0 radical (unpaired) electrons. The van der Waals surface area contributed by atoms with Gasteiger partial charge in [-0.3, -0.25) is 0 Å². The maximum absolute atomic E-state index is 13.9. The Morgan fingerprint density at radius 1 is 0.963 bits per heavy atom. The number of rotatable bonds is 6. The van der Waals surface area contributed by atoms with Crippen molar-refractivity contribution in [2.45, 2.75) is 19.4 Å². The van der Waals surface area contributed by atoms with E-state index < -0.39 is 0 Å². The lowest BCUT2D eigenvalue weighted by Crippen LogP contribution is -2.44.